The zero-order valence-corrected chi connectivity index (χ0v) is 15.5. The highest BCUT2D eigenvalue weighted by molar-refractivity contribution is 6.05. The van der Waals surface area contributed by atoms with Gasteiger partial charge in [0.15, 0.2) is 0 Å². The first-order chi connectivity index (χ1) is 13.0. The molecular weight excluding hydrogens is 347 g/mol. The van der Waals surface area contributed by atoms with E-state index < -0.39 is 5.60 Å². The van der Waals surface area contributed by atoms with Gasteiger partial charge in [-0.3, -0.25) is 4.79 Å². The van der Waals surface area contributed by atoms with Crippen LogP contribution in [-0.4, -0.2) is 30.9 Å². The van der Waals surface area contributed by atoms with Crippen LogP contribution in [0, 0.1) is 5.82 Å². The third-order valence-electron chi connectivity index (χ3n) is 4.61. The molecule has 0 aromatic heterocycles. The zero-order chi connectivity index (χ0) is 19.3. The van der Waals surface area contributed by atoms with Crippen molar-refractivity contribution < 1.29 is 18.8 Å². The Morgan fingerprint density at radius 1 is 1.22 bits per heavy atom. The summed E-state index contributed by atoms with van der Waals surface area (Å²) in [5, 5.41) is 7.00. The Kier molecular flexibility index (Phi) is 5.74. The summed E-state index contributed by atoms with van der Waals surface area (Å²) in [6.45, 7) is 2.26. The third kappa shape index (κ3) is 4.64. The molecule has 1 aliphatic rings. The van der Waals surface area contributed by atoms with Crippen LogP contribution in [0.25, 0.3) is 0 Å². The molecule has 0 aliphatic carbocycles. The van der Waals surface area contributed by atoms with Gasteiger partial charge < -0.3 is 14.9 Å². The summed E-state index contributed by atoms with van der Waals surface area (Å²) < 4.78 is 18.0. The molecule has 1 heterocycles. The van der Waals surface area contributed by atoms with Gasteiger partial charge in [0.25, 0.3) is 5.91 Å². The van der Waals surface area contributed by atoms with Crippen molar-refractivity contribution in [3.8, 4) is 5.75 Å². The molecule has 3 rings (SSSR count). The van der Waals surface area contributed by atoms with E-state index in [-0.39, 0.29) is 11.7 Å². The van der Waals surface area contributed by atoms with Crippen LogP contribution < -0.4 is 10.1 Å². The average molecular weight is 370 g/mol. The summed E-state index contributed by atoms with van der Waals surface area (Å²) in [6, 6.07) is 13.9. The number of carbonyl (C=O) groups excluding carboxylic acids is 1. The number of methoxy groups -OCH3 is 1. The van der Waals surface area contributed by atoms with E-state index in [0.717, 1.165) is 35.4 Å². The first kappa shape index (κ1) is 18.9. The predicted octanol–water partition coefficient (Wildman–Crippen LogP) is 3.47. The minimum absolute atomic E-state index is 0.186. The summed E-state index contributed by atoms with van der Waals surface area (Å²) in [7, 11) is 1.61. The SMILES string of the molecule is COc1ccc(C2=NO[C@](C)(C(=O)NCCCc3ccc(F)cc3)C2)cc1. The van der Waals surface area contributed by atoms with Gasteiger partial charge >= 0.3 is 0 Å². The van der Waals surface area contributed by atoms with Crippen molar-refractivity contribution in [1.82, 2.24) is 5.32 Å². The molecule has 0 radical (unpaired) electrons. The number of oxime groups is 1. The highest BCUT2D eigenvalue weighted by Crippen LogP contribution is 2.27. The second kappa shape index (κ2) is 8.20. The molecular formula is C21H23FN2O3. The summed E-state index contributed by atoms with van der Waals surface area (Å²) >= 11 is 0. The van der Waals surface area contributed by atoms with E-state index in [1.807, 2.05) is 24.3 Å². The number of nitrogens with one attached hydrogen (secondary N) is 1. The molecule has 0 saturated carbocycles. The van der Waals surface area contributed by atoms with E-state index in [0.29, 0.717) is 13.0 Å². The lowest BCUT2D eigenvalue weighted by atomic mass is 9.95. The van der Waals surface area contributed by atoms with Gasteiger partial charge in [-0.05, 0) is 67.3 Å². The minimum atomic E-state index is -1.01. The molecule has 2 aromatic rings. The maximum absolute atomic E-state index is 12.9. The van der Waals surface area contributed by atoms with E-state index in [4.69, 9.17) is 9.57 Å². The largest absolute Gasteiger partial charge is 0.497 e. The number of nitrogens with zero attached hydrogens (tertiary/aromatic N) is 1. The molecule has 1 atom stereocenters. The molecule has 1 N–H and O–H groups in total. The number of ether oxygens (including phenoxy) is 1. The van der Waals surface area contributed by atoms with E-state index >= 15 is 0 Å². The van der Waals surface area contributed by atoms with Gasteiger partial charge in [-0.15, -0.1) is 0 Å². The molecule has 0 fully saturated rings. The fourth-order valence-electron chi connectivity index (χ4n) is 2.93. The Bertz CT molecular complexity index is 818. The summed E-state index contributed by atoms with van der Waals surface area (Å²) in [5.74, 6) is 0.333. The van der Waals surface area contributed by atoms with Gasteiger partial charge in [0.2, 0.25) is 5.60 Å². The maximum atomic E-state index is 12.9. The van der Waals surface area contributed by atoms with Crippen molar-refractivity contribution in [1.29, 1.82) is 0 Å². The molecule has 2 aromatic carbocycles. The van der Waals surface area contributed by atoms with Crippen LogP contribution in [-0.2, 0) is 16.1 Å². The predicted molar refractivity (Wildman–Crippen MR) is 101 cm³/mol. The van der Waals surface area contributed by atoms with Crippen LogP contribution in [0.4, 0.5) is 4.39 Å². The van der Waals surface area contributed by atoms with Gasteiger partial charge in [-0.2, -0.15) is 0 Å². The lowest BCUT2D eigenvalue weighted by Crippen LogP contribution is -2.45. The topological polar surface area (TPSA) is 59.9 Å². The highest BCUT2D eigenvalue weighted by Gasteiger charge is 2.41. The fraction of sp³-hybridized carbons (Fsp3) is 0.333. The van der Waals surface area contributed by atoms with Crippen LogP contribution in [0.5, 0.6) is 5.75 Å². The standard InChI is InChI=1S/C21H23FN2O3/c1-21(14-19(24-27-21)16-7-11-18(26-2)12-8-16)20(25)23-13-3-4-15-5-9-17(22)10-6-15/h5-12H,3-4,13-14H2,1-2H3,(H,23,25)/t21-/m0/s1. The lowest BCUT2D eigenvalue weighted by Gasteiger charge is -2.20. The average Bonchev–Trinajstić information content (AvgIpc) is 3.10. The summed E-state index contributed by atoms with van der Waals surface area (Å²) in [4.78, 5) is 18.0. The number of aryl methyl sites for hydroxylation is 1. The van der Waals surface area contributed by atoms with Crippen molar-refractivity contribution >= 4 is 11.6 Å². The highest BCUT2D eigenvalue weighted by atomic mass is 19.1. The molecule has 142 valence electrons. The van der Waals surface area contributed by atoms with Gasteiger partial charge in [-0.1, -0.05) is 17.3 Å². The maximum Gasteiger partial charge on any atom is 0.267 e. The van der Waals surface area contributed by atoms with Crippen LogP contribution >= 0.6 is 0 Å². The van der Waals surface area contributed by atoms with Crippen molar-refractivity contribution in [3.63, 3.8) is 0 Å². The fourth-order valence-corrected chi connectivity index (χ4v) is 2.93. The molecule has 5 nitrogen and oxygen atoms in total. The van der Waals surface area contributed by atoms with Gasteiger partial charge in [-0.25, -0.2) is 4.39 Å². The number of carbonyl (C=O) groups is 1. The smallest absolute Gasteiger partial charge is 0.267 e. The number of halogens is 1. The Hall–Kier alpha value is -2.89. The third-order valence-corrected chi connectivity index (χ3v) is 4.61. The lowest BCUT2D eigenvalue weighted by molar-refractivity contribution is -0.141. The van der Waals surface area contributed by atoms with Gasteiger partial charge in [0.1, 0.15) is 11.6 Å². The van der Waals surface area contributed by atoms with E-state index in [1.54, 1.807) is 26.2 Å². The molecule has 1 aliphatic heterocycles. The number of hydrogen-bond acceptors (Lipinski definition) is 4. The molecule has 6 heteroatoms. The Morgan fingerprint density at radius 3 is 2.59 bits per heavy atom. The molecule has 0 saturated heterocycles. The number of rotatable bonds is 7. The van der Waals surface area contributed by atoms with Gasteiger partial charge in [0.05, 0.1) is 12.8 Å². The number of hydrogen-bond donors (Lipinski definition) is 1. The van der Waals surface area contributed by atoms with Crippen molar-refractivity contribution in [2.75, 3.05) is 13.7 Å². The second-order valence-electron chi connectivity index (χ2n) is 6.75. The number of amides is 1. The second-order valence-corrected chi connectivity index (χ2v) is 6.75. The van der Waals surface area contributed by atoms with E-state index in [1.165, 1.54) is 12.1 Å². The van der Waals surface area contributed by atoms with Crippen molar-refractivity contribution in [2.45, 2.75) is 31.8 Å². The quantitative estimate of drug-likeness (QED) is 0.760. The zero-order valence-electron chi connectivity index (χ0n) is 15.5. The Labute approximate surface area is 158 Å². The first-order valence-corrected chi connectivity index (χ1v) is 8.92. The van der Waals surface area contributed by atoms with Crippen LogP contribution in [0.3, 0.4) is 0 Å². The van der Waals surface area contributed by atoms with Crippen LogP contribution in [0.15, 0.2) is 53.7 Å². The van der Waals surface area contributed by atoms with Crippen LogP contribution in [0.1, 0.15) is 30.9 Å². The molecule has 0 unspecified atom stereocenters. The van der Waals surface area contributed by atoms with E-state index in [2.05, 4.69) is 10.5 Å². The monoisotopic (exact) mass is 370 g/mol. The Balaban J connectivity index is 1.47. The molecule has 0 spiro atoms. The Morgan fingerprint density at radius 2 is 1.93 bits per heavy atom. The normalized spacial score (nSPS) is 18.6. The first-order valence-electron chi connectivity index (χ1n) is 8.92. The van der Waals surface area contributed by atoms with Gasteiger partial charge in [0, 0.05) is 13.0 Å². The molecule has 1 amide bonds. The van der Waals surface area contributed by atoms with Crippen molar-refractivity contribution in [2.24, 2.45) is 5.16 Å². The number of benzene rings is 2. The molecule has 0 bridgehead atoms. The van der Waals surface area contributed by atoms with Crippen LogP contribution in [0.2, 0.25) is 0 Å². The minimum Gasteiger partial charge on any atom is -0.497 e. The summed E-state index contributed by atoms with van der Waals surface area (Å²) in [6.07, 6.45) is 1.94. The van der Waals surface area contributed by atoms with E-state index in [9.17, 15) is 9.18 Å². The van der Waals surface area contributed by atoms with Crippen molar-refractivity contribution in [3.05, 3.63) is 65.5 Å². The summed E-state index contributed by atoms with van der Waals surface area (Å²) in [5.41, 5.74) is 1.68. The molecule has 27 heavy (non-hydrogen) atoms.